The zero-order chi connectivity index (χ0) is 12.7. The molecule has 1 aromatic carbocycles. The van der Waals surface area contributed by atoms with Crippen LogP contribution in [0.3, 0.4) is 0 Å². The molecule has 0 bridgehead atoms. The van der Waals surface area contributed by atoms with Crippen molar-refractivity contribution in [2.75, 3.05) is 19.6 Å². The highest BCUT2D eigenvalue weighted by Gasteiger charge is 2.25. The van der Waals surface area contributed by atoms with Crippen LogP contribution in [-0.2, 0) is 5.60 Å². The van der Waals surface area contributed by atoms with Gasteiger partial charge in [-0.15, -0.1) is 0 Å². The van der Waals surface area contributed by atoms with Gasteiger partial charge in [0.25, 0.3) is 0 Å². The first-order chi connectivity index (χ1) is 8.10. The Hall–Kier alpha value is -1.37. The molecule has 17 heavy (non-hydrogen) atoms. The Kier molecular flexibility index (Phi) is 5.14. The van der Waals surface area contributed by atoms with Crippen LogP contribution in [0, 0.1) is 11.3 Å². The summed E-state index contributed by atoms with van der Waals surface area (Å²) in [5.41, 5.74) is 0.0441. The van der Waals surface area contributed by atoms with Crippen LogP contribution in [0.2, 0.25) is 0 Å². The molecule has 3 nitrogen and oxygen atoms in total. The lowest BCUT2D eigenvalue weighted by Gasteiger charge is -2.30. The number of likely N-dealkylation sites (N-methyl/N-ethyl adjacent to an activating group) is 1. The fourth-order valence-corrected chi connectivity index (χ4v) is 1.88. The third kappa shape index (κ3) is 4.18. The Morgan fingerprint density at radius 3 is 2.53 bits per heavy atom. The molecule has 0 spiro atoms. The third-order valence-corrected chi connectivity index (χ3v) is 2.91. The van der Waals surface area contributed by atoms with Gasteiger partial charge in [-0.2, -0.15) is 5.26 Å². The van der Waals surface area contributed by atoms with Gasteiger partial charge in [0, 0.05) is 19.5 Å². The fraction of sp³-hybridized carbons (Fsp3) is 0.500. The molecule has 0 saturated heterocycles. The lowest BCUT2D eigenvalue weighted by molar-refractivity contribution is 0.0179. The molecule has 0 aliphatic carbocycles. The van der Waals surface area contributed by atoms with E-state index in [4.69, 9.17) is 5.26 Å². The van der Waals surface area contributed by atoms with Crippen molar-refractivity contribution < 1.29 is 5.11 Å². The highest BCUT2D eigenvalue weighted by molar-refractivity contribution is 5.21. The molecule has 0 saturated carbocycles. The van der Waals surface area contributed by atoms with Crippen LogP contribution in [0.1, 0.15) is 25.8 Å². The van der Waals surface area contributed by atoms with Gasteiger partial charge in [-0.1, -0.05) is 37.3 Å². The van der Waals surface area contributed by atoms with Crippen LogP contribution in [0.15, 0.2) is 30.3 Å². The molecular weight excluding hydrogens is 212 g/mol. The second-order valence-corrected chi connectivity index (χ2v) is 4.42. The number of hydrogen-bond donors (Lipinski definition) is 1. The topological polar surface area (TPSA) is 47.3 Å². The molecule has 3 heteroatoms. The molecule has 0 aromatic heterocycles. The minimum atomic E-state index is -0.868. The summed E-state index contributed by atoms with van der Waals surface area (Å²) in [5.74, 6) is 0. The largest absolute Gasteiger partial charge is 0.384 e. The third-order valence-electron chi connectivity index (χ3n) is 2.91. The average Bonchev–Trinajstić information content (AvgIpc) is 2.35. The van der Waals surface area contributed by atoms with Crippen LogP contribution >= 0.6 is 0 Å². The molecular formula is C14H20N2O. The van der Waals surface area contributed by atoms with E-state index < -0.39 is 5.60 Å². The quantitative estimate of drug-likeness (QED) is 0.817. The summed E-state index contributed by atoms with van der Waals surface area (Å²) in [6, 6.07) is 11.8. The maximum Gasteiger partial charge on any atom is 0.0994 e. The van der Waals surface area contributed by atoms with Crippen molar-refractivity contribution in [2.24, 2.45) is 0 Å². The number of benzene rings is 1. The van der Waals surface area contributed by atoms with E-state index in [1.807, 2.05) is 44.2 Å². The molecule has 0 fully saturated rings. The first-order valence-electron chi connectivity index (χ1n) is 5.97. The van der Waals surface area contributed by atoms with Crippen molar-refractivity contribution in [1.29, 1.82) is 5.26 Å². The first kappa shape index (κ1) is 13.7. The van der Waals surface area contributed by atoms with E-state index in [0.29, 0.717) is 19.5 Å². The second-order valence-electron chi connectivity index (χ2n) is 4.42. The maximum atomic E-state index is 10.5. The lowest BCUT2D eigenvalue weighted by Crippen LogP contribution is -2.39. The van der Waals surface area contributed by atoms with Crippen molar-refractivity contribution in [3.63, 3.8) is 0 Å². The predicted octanol–water partition coefficient (Wildman–Crippen LogP) is 2.13. The van der Waals surface area contributed by atoms with Crippen molar-refractivity contribution in [3.8, 4) is 6.07 Å². The summed E-state index contributed by atoms with van der Waals surface area (Å²) < 4.78 is 0. The van der Waals surface area contributed by atoms with Crippen LogP contribution in [0.25, 0.3) is 0 Å². The van der Waals surface area contributed by atoms with Crippen LogP contribution in [0.4, 0.5) is 0 Å². The maximum absolute atomic E-state index is 10.5. The van der Waals surface area contributed by atoms with E-state index in [0.717, 1.165) is 12.1 Å². The van der Waals surface area contributed by atoms with Gasteiger partial charge in [0.05, 0.1) is 11.7 Å². The Bertz CT molecular complexity index is 368. The predicted molar refractivity (Wildman–Crippen MR) is 68.4 cm³/mol. The number of rotatable bonds is 6. The van der Waals surface area contributed by atoms with Crippen LogP contribution < -0.4 is 0 Å². The summed E-state index contributed by atoms with van der Waals surface area (Å²) in [6.07, 6.45) is 0.499. The number of nitrogens with zero attached hydrogens (tertiary/aromatic N) is 2. The van der Waals surface area contributed by atoms with Crippen LogP contribution in [0.5, 0.6) is 0 Å². The summed E-state index contributed by atoms with van der Waals surface area (Å²) in [4.78, 5) is 2.09. The summed E-state index contributed by atoms with van der Waals surface area (Å²) in [7, 11) is 0. The van der Waals surface area contributed by atoms with Gasteiger partial charge in [0.15, 0.2) is 0 Å². The number of hydrogen-bond acceptors (Lipinski definition) is 3. The molecule has 0 radical (unpaired) electrons. The highest BCUT2D eigenvalue weighted by atomic mass is 16.3. The zero-order valence-corrected chi connectivity index (χ0v) is 10.6. The minimum Gasteiger partial charge on any atom is -0.384 e. The Balaban J connectivity index is 2.68. The standard InChI is InChI=1S/C14H20N2O/c1-3-16(11-7-10-15)12-14(2,17)13-8-5-4-6-9-13/h4-6,8-9,17H,3,7,11-12H2,1-2H3. The molecule has 1 rings (SSSR count). The molecule has 92 valence electrons. The molecule has 1 atom stereocenters. The van der Waals surface area contributed by atoms with Gasteiger partial charge >= 0.3 is 0 Å². The Labute approximate surface area is 103 Å². The molecule has 0 aliphatic heterocycles. The SMILES string of the molecule is CCN(CCC#N)CC(C)(O)c1ccccc1. The molecule has 0 aliphatic rings. The van der Waals surface area contributed by atoms with Gasteiger partial charge in [0.1, 0.15) is 0 Å². The minimum absolute atomic E-state index is 0.499. The van der Waals surface area contributed by atoms with Gasteiger partial charge in [0.2, 0.25) is 0 Å². The summed E-state index contributed by atoms with van der Waals surface area (Å²) in [5, 5.41) is 19.0. The van der Waals surface area contributed by atoms with Crippen molar-refractivity contribution in [3.05, 3.63) is 35.9 Å². The molecule has 0 heterocycles. The van der Waals surface area contributed by atoms with E-state index in [1.54, 1.807) is 0 Å². The van der Waals surface area contributed by atoms with E-state index in [9.17, 15) is 5.11 Å². The van der Waals surface area contributed by atoms with Crippen molar-refractivity contribution in [1.82, 2.24) is 4.90 Å². The van der Waals surface area contributed by atoms with E-state index in [2.05, 4.69) is 11.0 Å². The fourth-order valence-electron chi connectivity index (χ4n) is 1.88. The van der Waals surface area contributed by atoms with Gasteiger partial charge < -0.3 is 5.11 Å². The summed E-state index contributed by atoms with van der Waals surface area (Å²) in [6.45, 7) is 5.95. The Morgan fingerprint density at radius 1 is 1.35 bits per heavy atom. The number of nitriles is 1. The molecule has 1 aromatic rings. The first-order valence-corrected chi connectivity index (χ1v) is 5.97. The molecule has 1 unspecified atom stereocenters. The smallest absolute Gasteiger partial charge is 0.0994 e. The molecule has 0 amide bonds. The van der Waals surface area contributed by atoms with E-state index >= 15 is 0 Å². The Morgan fingerprint density at radius 2 is 2.00 bits per heavy atom. The normalized spacial score (nSPS) is 14.3. The van der Waals surface area contributed by atoms with Crippen LogP contribution in [-0.4, -0.2) is 29.6 Å². The second kappa shape index (κ2) is 6.39. The van der Waals surface area contributed by atoms with E-state index in [1.165, 1.54) is 0 Å². The van der Waals surface area contributed by atoms with E-state index in [-0.39, 0.29) is 0 Å². The zero-order valence-electron chi connectivity index (χ0n) is 10.6. The van der Waals surface area contributed by atoms with Gasteiger partial charge in [-0.3, -0.25) is 4.90 Å². The van der Waals surface area contributed by atoms with Gasteiger partial charge in [-0.25, -0.2) is 0 Å². The van der Waals surface area contributed by atoms with Crippen molar-refractivity contribution >= 4 is 0 Å². The van der Waals surface area contributed by atoms with Gasteiger partial charge in [-0.05, 0) is 19.0 Å². The lowest BCUT2D eigenvalue weighted by atomic mass is 9.95. The monoisotopic (exact) mass is 232 g/mol. The average molecular weight is 232 g/mol. The number of aliphatic hydroxyl groups is 1. The summed E-state index contributed by atoms with van der Waals surface area (Å²) >= 11 is 0. The molecule has 1 N–H and O–H groups in total. The highest BCUT2D eigenvalue weighted by Crippen LogP contribution is 2.21. The van der Waals surface area contributed by atoms with Crippen molar-refractivity contribution in [2.45, 2.75) is 25.9 Å².